The summed E-state index contributed by atoms with van der Waals surface area (Å²) in [5.74, 6) is 0.0693. The molecule has 0 saturated carbocycles. The number of benzene rings is 1. The van der Waals surface area contributed by atoms with Crippen molar-refractivity contribution in [2.45, 2.75) is 4.21 Å². The first kappa shape index (κ1) is 13.7. The average molecular weight is 369 g/mol. The van der Waals surface area contributed by atoms with Crippen molar-refractivity contribution in [3.05, 3.63) is 39.1 Å². The molecule has 1 aromatic heterocycles. The van der Waals surface area contributed by atoms with E-state index in [1.165, 1.54) is 30.3 Å². The molecule has 0 radical (unpaired) electrons. The summed E-state index contributed by atoms with van der Waals surface area (Å²) >= 11 is 9.99. The van der Waals surface area contributed by atoms with E-state index in [9.17, 15) is 8.42 Å². The second-order valence-electron chi connectivity index (χ2n) is 3.34. The van der Waals surface area contributed by atoms with Crippen molar-refractivity contribution in [1.82, 2.24) is 0 Å². The minimum Gasteiger partial charge on any atom is -0.508 e. The van der Waals surface area contributed by atoms with Crippen LogP contribution in [0.3, 0.4) is 0 Å². The Bertz CT molecular complexity index is 647. The lowest BCUT2D eigenvalue weighted by Gasteiger charge is -2.05. The Kier molecular flexibility index (Phi) is 3.86. The zero-order valence-electron chi connectivity index (χ0n) is 8.72. The highest BCUT2D eigenvalue weighted by Crippen LogP contribution is 2.35. The summed E-state index contributed by atoms with van der Waals surface area (Å²) < 4.78 is 27.1. The highest BCUT2D eigenvalue weighted by atomic mass is 79.9. The number of phenols is 1. The Morgan fingerprint density at radius 3 is 2.39 bits per heavy atom. The Morgan fingerprint density at radius 2 is 1.89 bits per heavy atom. The molecule has 0 unspecified atom stereocenters. The third kappa shape index (κ3) is 2.97. The average Bonchev–Trinajstić information content (AvgIpc) is 2.63. The molecule has 0 aliphatic carbocycles. The van der Waals surface area contributed by atoms with Crippen molar-refractivity contribution >= 4 is 54.6 Å². The van der Waals surface area contributed by atoms with E-state index in [4.69, 9.17) is 16.7 Å². The molecule has 0 aliphatic heterocycles. The summed E-state index contributed by atoms with van der Waals surface area (Å²) in [4.78, 5) is 0. The van der Waals surface area contributed by atoms with Gasteiger partial charge >= 0.3 is 0 Å². The van der Waals surface area contributed by atoms with E-state index >= 15 is 0 Å². The van der Waals surface area contributed by atoms with E-state index < -0.39 is 10.0 Å². The maximum absolute atomic E-state index is 12.0. The van der Waals surface area contributed by atoms with Crippen LogP contribution in [0.1, 0.15) is 0 Å². The summed E-state index contributed by atoms with van der Waals surface area (Å²) in [5, 5.41) is 9.47. The zero-order valence-corrected chi connectivity index (χ0v) is 12.7. The van der Waals surface area contributed by atoms with Gasteiger partial charge in [-0.3, -0.25) is 4.72 Å². The van der Waals surface area contributed by atoms with Crippen molar-refractivity contribution < 1.29 is 13.5 Å². The molecular formula is C10H7BrClNO3S2. The fourth-order valence-electron chi connectivity index (χ4n) is 1.19. The van der Waals surface area contributed by atoms with Crippen LogP contribution in [0.15, 0.2) is 38.3 Å². The minimum absolute atomic E-state index is 0.0693. The molecule has 2 N–H and O–H groups in total. The Hall–Kier alpha value is -0.760. The first-order chi connectivity index (χ1) is 8.38. The Balaban J connectivity index is 2.29. The quantitative estimate of drug-likeness (QED) is 0.812. The Morgan fingerprint density at radius 1 is 1.28 bits per heavy atom. The molecule has 4 nitrogen and oxygen atoms in total. The summed E-state index contributed by atoms with van der Waals surface area (Å²) in [6.45, 7) is 0. The van der Waals surface area contributed by atoms with E-state index in [1.807, 2.05) is 0 Å². The molecule has 0 aliphatic rings. The first-order valence-corrected chi connectivity index (χ1v) is 8.12. The van der Waals surface area contributed by atoms with Crippen LogP contribution in [0.25, 0.3) is 0 Å². The monoisotopic (exact) mass is 367 g/mol. The molecule has 0 fully saturated rings. The predicted molar refractivity (Wildman–Crippen MR) is 75.9 cm³/mol. The molecule has 0 amide bonds. The van der Waals surface area contributed by atoms with Crippen LogP contribution in [0.2, 0.25) is 5.02 Å². The second-order valence-corrected chi connectivity index (χ2v) is 8.03. The van der Waals surface area contributed by atoms with E-state index in [-0.39, 0.29) is 9.96 Å². The predicted octanol–water partition coefficient (Wildman–Crippen LogP) is 3.67. The summed E-state index contributed by atoms with van der Waals surface area (Å²) in [7, 11) is -3.66. The number of phenolic OH excluding ortho intramolecular Hbond substituents is 1. The first-order valence-electron chi connectivity index (χ1n) is 4.65. The fourth-order valence-corrected chi connectivity index (χ4v) is 4.65. The van der Waals surface area contributed by atoms with Crippen molar-refractivity contribution in [2.24, 2.45) is 0 Å². The number of rotatable bonds is 3. The smallest absolute Gasteiger partial charge is 0.271 e. The van der Waals surface area contributed by atoms with Crippen LogP contribution in [0.5, 0.6) is 5.75 Å². The van der Waals surface area contributed by atoms with E-state index in [2.05, 4.69) is 20.7 Å². The third-order valence-corrected chi connectivity index (χ3v) is 6.34. The van der Waals surface area contributed by atoms with Gasteiger partial charge in [0.2, 0.25) is 0 Å². The molecule has 0 bridgehead atoms. The number of halogens is 2. The highest BCUT2D eigenvalue weighted by molar-refractivity contribution is 9.11. The van der Waals surface area contributed by atoms with Crippen molar-refractivity contribution in [3.8, 4) is 5.75 Å². The molecule has 2 rings (SSSR count). The number of aromatic hydroxyl groups is 1. The largest absolute Gasteiger partial charge is 0.508 e. The fraction of sp³-hybridized carbons (Fsp3) is 0. The highest BCUT2D eigenvalue weighted by Gasteiger charge is 2.19. The molecular weight excluding hydrogens is 362 g/mol. The van der Waals surface area contributed by atoms with Gasteiger partial charge in [-0.25, -0.2) is 8.42 Å². The topological polar surface area (TPSA) is 66.4 Å². The van der Waals surface area contributed by atoms with Gasteiger partial charge in [0, 0.05) is 5.69 Å². The molecule has 0 atom stereocenters. The summed E-state index contributed by atoms with van der Waals surface area (Å²) in [6, 6.07) is 7.11. The standard InChI is InChI=1S/C10H7BrClNO3S2/c11-10-8(12)5-9(17-10)18(15,16)13-6-1-3-7(14)4-2-6/h1-5,13-14H. The molecule has 0 spiro atoms. The van der Waals surface area contributed by atoms with Crippen LogP contribution < -0.4 is 4.72 Å². The van der Waals surface area contributed by atoms with Gasteiger partial charge in [-0.2, -0.15) is 0 Å². The van der Waals surface area contributed by atoms with E-state index in [0.29, 0.717) is 14.5 Å². The van der Waals surface area contributed by atoms with Gasteiger partial charge in [0.05, 0.1) is 8.81 Å². The van der Waals surface area contributed by atoms with Crippen molar-refractivity contribution in [2.75, 3.05) is 4.72 Å². The molecule has 0 saturated heterocycles. The lowest BCUT2D eigenvalue weighted by molar-refractivity contribution is 0.475. The van der Waals surface area contributed by atoms with Crippen LogP contribution >= 0.6 is 38.9 Å². The summed E-state index contributed by atoms with van der Waals surface area (Å²) in [5.41, 5.74) is 0.369. The van der Waals surface area contributed by atoms with Crippen LogP contribution in [0, 0.1) is 0 Å². The van der Waals surface area contributed by atoms with E-state index in [0.717, 1.165) is 11.3 Å². The molecule has 1 heterocycles. The molecule has 18 heavy (non-hydrogen) atoms. The summed E-state index contributed by atoms with van der Waals surface area (Å²) in [6.07, 6.45) is 0. The SMILES string of the molecule is O=S(=O)(Nc1ccc(O)cc1)c1cc(Cl)c(Br)s1. The number of hydrogen-bond donors (Lipinski definition) is 2. The van der Waals surface area contributed by atoms with Crippen molar-refractivity contribution in [1.29, 1.82) is 0 Å². The second kappa shape index (κ2) is 5.08. The normalized spacial score (nSPS) is 11.4. The van der Waals surface area contributed by atoms with Crippen LogP contribution in [-0.4, -0.2) is 13.5 Å². The van der Waals surface area contributed by atoms with Gasteiger partial charge in [-0.15, -0.1) is 11.3 Å². The number of sulfonamides is 1. The molecule has 96 valence electrons. The van der Waals surface area contributed by atoms with Crippen molar-refractivity contribution in [3.63, 3.8) is 0 Å². The molecule has 1 aromatic carbocycles. The van der Waals surface area contributed by atoms with E-state index in [1.54, 1.807) is 0 Å². The maximum atomic E-state index is 12.0. The number of anilines is 1. The lowest BCUT2D eigenvalue weighted by atomic mass is 10.3. The lowest BCUT2D eigenvalue weighted by Crippen LogP contribution is -2.11. The van der Waals surface area contributed by atoms with Gasteiger partial charge in [-0.1, -0.05) is 11.6 Å². The Labute approximate surface area is 121 Å². The molecule has 2 aromatic rings. The van der Waals surface area contributed by atoms with Gasteiger partial charge < -0.3 is 5.11 Å². The molecule has 8 heteroatoms. The van der Waals surface area contributed by atoms with Gasteiger partial charge in [0.1, 0.15) is 9.96 Å². The maximum Gasteiger partial charge on any atom is 0.271 e. The minimum atomic E-state index is -3.66. The number of hydrogen-bond acceptors (Lipinski definition) is 4. The third-order valence-electron chi connectivity index (χ3n) is 2.01. The van der Waals surface area contributed by atoms with Crippen LogP contribution in [-0.2, 0) is 10.0 Å². The van der Waals surface area contributed by atoms with Crippen LogP contribution in [0.4, 0.5) is 5.69 Å². The number of nitrogens with one attached hydrogen (secondary N) is 1. The van der Waals surface area contributed by atoms with Gasteiger partial charge in [-0.05, 0) is 46.3 Å². The van der Waals surface area contributed by atoms with Gasteiger partial charge in [0.25, 0.3) is 10.0 Å². The van der Waals surface area contributed by atoms with Gasteiger partial charge in [0.15, 0.2) is 0 Å². The number of thiophene rings is 1. The zero-order chi connectivity index (χ0) is 13.3.